The van der Waals surface area contributed by atoms with E-state index >= 15 is 0 Å². The van der Waals surface area contributed by atoms with E-state index in [0.29, 0.717) is 51.2 Å². The van der Waals surface area contributed by atoms with E-state index in [-0.39, 0.29) is 0 Å². The Hall–Kier alpha value is -0.820. The normalized spacial score (nSPS) is 14.5. The van der Waals surface area contributed by atoms with Gasteiger partial charge in [0.2, 0.25) is 0 Å². The monoisotopic (exact) mass is 400 g/mol. The minimum absolute atomic E-state index is 0.440. The van der Waals surface area contributed by atoms with Gasteiger partial charge in [-0.05, 0) is 75.2 Å². The van der Waals surface area contributed by atoms with Crippen molar-refractivity contribution in [3.8, 4) is 0 Å². The first-order valence-corrected chi connectivity index (χ1v) is 10.3. The van der Waals surface area contributed by atoms with Crippen LogP contribution in [0.4, 0.5) is 0 Å². The summed E-state index contributed by atoms with van der Waals surface area (Å²) in [5, 5.41) is 28.2. The highest BCUT2D eigenvalue weighted by Gasteiger charge is 2.28. The Labute approximate surface area is 172 Å². The second kappa shape index (κ2) is 10.8. The molecule has 6 nitrogen and oxygen atoms in total. The molecule has 0 aliphatic rings. The largest absolute Gasteiger partial charge is 0.390 e. The van der Waals surface area contributed by atoms with Crippen LogP contribution in [0.25, 0.3) is 0 Å². The van der Waals surface area contributed by atoms with E-state index in [2.05, 4.69) is 4.99 Å². The lowest BCUT2D eigenvalue weighted by Crippen LogP contribution is -2.37. The summed E-state index contributed by atoms with van der Waals surface area (Å²) in [6.45, 7) is 18.4. The smallest absolute Gasteiger partial charge is 0.0682 e. The van der Waals surface area contributed by atoms with Gasteiger partial charge in [0.05, 0.1) is 47.0 Å². The summed E-state index contributed by atoms with van der Waals surface area (Å²) >= 11 is 0. The SMILES string of the molecule is CC/N=C(\CC(C)(C)OCCC(C)(C)O)C(=N)CC(C)(C)OCCC(C)(C)O. The van der Waals surface area contributed by atoms with E-state index in [1.807, 2.05) is 34.6 Å². The summed E-state index contributed by atoms with van der Waals surface area (Å²) in [6, 6.07) is 0. The summed E-state index contributed by atoms with van der Waals surface area (Å²) in [5.74, 6) is 0. The van der Waals surface area contributed by atoms with E-state index in [4.69, 9.17) is 14.9 Å². The Morgan fingerprint density at radius 2 is 1.18 bits per heavy atom. The summed E-state index contributed by atoms with van der Waals surface area (Å²) in [6.07, 6.45) is 2.07. The van der Waals surface area contributed by atoms with Gasteiger partial charge in [0, 0.05) is 19.4 Å². The van der Waals surface area contributed by atoms with Gasteiger partial charge >= 0.3 is 0 Å². The first kappa shape index (κ1) is 27.2. The van der Waals surface area contributed by atoms with E-state index in [1.54, 1.807) is 27.7 Å². The van der Waals surface area contributed by atoms with Crippen molar-refractivity contribution in [3.63, 3.8) is 0 Å². The summed E-state index contributed by atoms with van der Waals surface area (Å²) in [5.41, 5.74) is -1.32. The van der Waals surface area contributed by atoms with Crippen molar-refractivity contribution in [1.29, 1.82) is 5.41 Å². The number of rotatable bonds is 14. The molecule has 0 aliphatic carbocycles. The molecule has 0 bridgehead atoms. The maximum atomic E-state index is 9.85. The van der Waals surface area contributed by atoms with E-state index < -0.39 is 22.4 Å². The molecule has 0 radical (unpaired) electrons. The molecule has 0 aromatic carbocycles. The topological polar surface area (TPSA) is 95.1 Å². The number of aliphatic hydroxyl groups is 2. The zero-order chi connectivity index (χ0) is 22.2. The van der Waals surface area contributed by atoms with Gasteiger partial charge in [-0.1, -0.05) is 0 Å². The molecule has 0 atom stereocenters. The predicted octanol–water partition coefficient (Wildman–Crippen LogP) is 4.16. The molecule has 0 aromatic rings. The molecule has 0 saturated carbocycles. The molecule has 6 heteroatoms. The van der Waals surface area contributed by atoms with Crippen molar-refractivity contribution < 1.29 is 19.7 Å². The van der Waals surface area contributed by atoms with Crippen molar-refractivity contribution >= 4 is 11.4 Å². The zero-order valence-electron chi connectivity index (χ0n) is 19.6. The second-order valence-electron chi connectivity index (χ2n) is 10.1. The third-order valence-electron chi connectivity index (χ3n) is 4.31. The number of hydrogen-bond donors (Lipinski definition) is 3. The first-order valence-electron chi connectivity index (χ1n) is 10.3. The molecule has 0 spiro atoms. The fraction of sp³-hybridized carbons (Fsp3) is 0.909. The van der Waals surface area contributed by atoms with Crippen LogP contribution < -0.4 is 0 Å². The zero-order valence-corrected chi connectivity index (χ0v) is 19.6. The Morgan fingerprint density at radius 1 is 0.786 bits per heavy atom. The minimum Gasteiger partial charge on any atom is -0.390 e. The fourth-order valence-corrected chi connectivity index (χ4v) is 2.64. The Morgan fingerprint density at radius 3 is 1.54 bits per heavy atom. The predicted molar refractivity (Wildman–Crippen MR) is 117 cm³/mol. The number of hydrogen-bond acceptors (Lipinski definition) is 6. The van der Waals surface area contributed by atoms with Crippen molar-refractivity contribution in [1.82, 2.24) is 0 Å². The average molecular weight is 401 g/mol. The number of nitrogens with zero attached hydrogens (tertiary/aromatic N) is 1. The molecule has 0 rings (SSSR count). The first-order chi connectivity index (χ1) is 12.5. The molecule has 28 heavy (non-hydrogen) atoms. The van der Waals surface area contributed by atoms with Crippen LogP contribution in [0.3, 0.4) is 0 Å². The van der Waals surface area contributed by atoms with Gasteiger partial charge in [0.25, 0.3) is 0 Å². The second-order valence-corrected chi connectivity index (χ2v) is 10.1. The summed E-state index contributed by atoms with van der Waals surface area (Å²) in [7, 11) is 0. The molecule has 166 valence electrons. The van der Waals surface area contributed by atoms with Gasteiger partial charge in [0.15, 0.2) is 0 Å². The summed E-state index contributed by atoms with van der Waals surface area (Å²) < 4.78 is 11.9. The van der Waals surface area contributed by atoms with Gasteiger partial charge in [-0.15, -0.1) is 0 Å². The minimum atomic E-state index is -0.761. The maximum Gasteiger partial charge on any atom is 0.0682 e. The molecule has 0 aromatic heterocycles. The van der Waals surface area contributed by atoms with Crippen LogP contribution >= 0.6 is 0 Å². The molecule has 0 aliphatic heterocycles. The van der Waals surface area contributed by atoms with Crippen molar-refractivity contribution in [2.75, 3.05) is 19.8 Å². The Balaban J connectivity index is 4.84. The van der Waals surface area contributed by atoms with Gasteiger partial charge in [-0.3, -0.25) is 4.99 Å². The van der Waals surface area contributed by atoms with Crippen LogP contribution in [0, 0.1) is 5.41 Å². The molecule has 0 amide bonds. The molecule has 0 saturated heterocycles. The van der Waals surface area contributed by atoms with Crippen LogP contribution in [0.5, 0.6) is 0 Å². The number of nitrogens with one attached hydrogen (secondary N) is 1. The highest BCUT2D eigenvalue weighted by Crippen LogP contribution is 2.22. The number of ether oxygens (including phenoxy) is 2. The van der Waals surface area contributed by atoms with Crippen LogP contribution in [0.15, 0.2) is 4.99 Å². The molecule has 0 fully saturated rings. The molecule has 0 heterocycles. The van der Waals surface area contributed by atoms with Crippen LogP contribution in [0.2, 0.25) is 0 Å². The lowest BCUT2D eigenvalue weighted by Gasteiger charge is -2.30. The van der Waals surface area contributed by atoms with Crippen molar-refractivity contribution in [3.05, 3.63) is 0 Å². The van der Waals surface area contributed by atoms with Crippen LogP contribution in [-0.2, 0) is 9.47 Å². The molecular formula is C22H44N2O4. The number of aliphatic imine (C=N–C) groups is 1. The van der Waals surface area contributed by atoms with E-state index in [0.717, 1.165) is 5.71 Å². The van der Waals surface area contributed by atoms with E-state index in [9.17, 15) is 10.2 Å². The van der Waals surface area contributed by atoms with Crippen LogP contribution in [0.1, 0.15) is 88.0 Å². The van der Waals surface area contributed by atoms with Gasteiger partial charge in [-0.2, -0.15) is 0 Å². The Bertz CT molecular complexity index is 512. The van der Waals surface area contributed by atoms with Gasteiger partial charge < -0.3 is 25.1 Å². The standard InChI is InChI=1S/C22H44N2O4/c1-10-24-18(16-22(8,9)28-14-12-20(4,5)26)17(23)15-21(6,7)27-13-11-19(2,3)25/h23,25-26H,10-16H2,1-9H3/b23-17?,24-18+. The molecule has 3 N–H and O–H groups in total. The fourth-order valence-electron chi connectivity index (χ4n) is 2.64. The lowest BCUT2D eigenvalue weighted by atomic mass is 9.92. The van der Waals surface area contributed by atoms with Gasteiger partial charge in [0.1, 0.15) is 0 Å². The third kappa shape index (κ3) is 14.2. The molecular weight excluding hydrogens is 356 g/mol. The third-order valence-corrected chi connectivity index (χ3v) is 4.31. The highest BCUT2D eigenvalue weighted by molar-refractivity contribution is 6.41. The van der Waals surface area contributed by atoms with Crippen LogP contribution in [-0.4, -0.2) is 63.8 Å². The maximum absolute atomic E-state index is 9.85. The Kier molecular flexibility index (Phi) is 10.5. The van der Waals surface area contributed by atoms with Crippen molar-refractivity contribution in [2.24, 2.45) is 4.99 Å². The quantitative estimate of drug-likeness (QED) is 0.382. The van der Waals surface area contributed by atoms with E-state index in [1.165, 1.54) is 0 Å². The lowest BCUT2D eigenvalue weighted by molar-refractivity contribution is -0.0437. The van der Waals surface area contributed by atoms with Gasteiger partial charge in [-0.25, -0.2) is 0 Å². The summed E-state index contributed by atoms with van der Waals surface area (Å²) in [4.78, 5) is 4.54. The highest BCUT2D eigenvalue weighted by atomic mass is 16.5. The van der Waals surface area contributed by atoms with Crippen molar-refractivity contribution in [2.45, 2.75) is 110 Å². The average Bonchev–Trinajstić information content (AvgIpc) is 2.42. The molecule has 0 unspecified atom stereocenters.